The van der Waals surface area contributed by atoms with Gasteiger partial charge in [-0.15, -0.1) is 0 Å². The molecule has 3 aromatic rings. The average Bonchev–Trinajstić information content (AvgIpc) is 2.67. The van der Waals surface area contributed by atoms with Crippen LogP contribution in [0.1, 0.15) is 47.5 Å². The average molecular weight is 371 g/mol. The van der Waals surface area contributed by atoms with E-state index in [1.54, 1.807) is 12.4 Å². The maximum absolute atomic E-state index is 4.82. The topological polar surface area (TPSA) is 50.5 Å². The highest BCUT2D eigenvalue weighted by molar-refractivity contribution is 6.02. The molecule has 0 fully saturated rings. The normalized spacial score (nSPS) is 12.4. The van der Waals surface area contributed by atoms with Gasteiger partial charge < -0.3 is 0 Å². The Balaban J connectivity index is 1.98. The van der Waals surface area contributed by atoms with E-state index in [0.29, 0.717) is 0 Å². The van der Waals surface area contributed by atoms with Crippen LogP contribution < -0.4 is 0 Å². The lowest BCUT2D eigenvalue weighted by molar-refractivity contribution is 1.14. The molecule has 0 amide bonds. The molecule has 0 saturated carbocycles. The molecule has 0 aliphatic heterocycles. The third-order valence-electron chi connectivity index (χ3n) is 4.81. The Morgan fingerprint density at radius 3 is 1.36 bits per heavy atom. The van der Waals surface area contributed by atoms with Crippen molar-refractivity contribution < 1.29 is 0 Å². The summed E-state index contributed by atoms with van der Waals surface area (Å²) < 4.78 is 0. The summed E-state index contributed by atoms with van der Waals surface area (Å²) in [6, 6.07) is 12.4. The highest BCUT2D eigenvalue weighted by Gasteiger charge is 2.08. The van der Waals surface area contributed by atoms with E-state index in [4.69, 9.17) is 15.0 Å². The quantitative estimate of drug-likeness (QED) is 0.530. The van der Waals surface area contributed by atoms with Gasteiger partial charge in [0.2, 0.25) is 0 Å². The molecule has 0 unspecified atom stereocenters. The van der Waals surface area contributed by atoms with Crippen LogP contribution in [0.4, 0.5) is 11.4 Å². The Labute approximate surface area is 167 Å². The van der Waals surface area contributed by atoms with Crippen LogP contribution in [0.25, 0.3) is 0 Å². The van der Waals surface area contributed by atoms with E-state index in [-0.39, 0.29) is 0 Å². The lowest BCUT2D eigenvalue weighted by Crippen LogP contribution is -2.06. The highest BCUT2D eigenvalue weighted by Crippen LogP contribution is 2.25. The van der Waals surface area contributed by atoms with Gasteiger partial charge in [0.05, 0.1) is 35.2 Å². The molecule has 142 valence electrons. The predicted octanol–water partition coefficient (Wildman–Crippen LogP) is 5.99. The van der Waals surface area contributed by atoms with Gasteiger partial charge in [-0.25, -0.2) is 4.98 Å². The lowest BCUT2D eigenvalue weighted by atomic mass is 10.1. The molecule has 2 aromatic carbocycles. The van der Waals surface area contributed by atoms with Gasteiger partial charge in [0.1, 0.15) is 11.4 Å². The summed E-state index contributed by atoms with van der Waals surface area (Å²) in [5.74, 6) is 0. The van der Waals surface area contributed by atoms with Gasteiger partial charge in [-0.05, 0) is 63.8 Å². The summed E-state index contributed by atoms with van der Waals surface area (Å²) >= 11 is 0. The number of para-hydroxylation sites is 2. The largest absolute Gasteiger partial charge is 0.260 e. The smallest absolute Gasteiger partial charge is 0.103 e. The van der Waals surface area contributed by atoms with Crippen molar-refractivity contribution >= 4 is 22.8 Å². The second-order valence-electron chi connectivity index (χ2n) is 7.16. The Hall–Kier alpha value is -3.14. The van der Waals surface area contributed by atoms with Gasteiger partial charge in [-0.2, -0.15) is 0 Å². The molecule has 0 N–H and O–H groups in total. The van der Waals surface area contributed by atoms with E-state index in [9.17, 15) is 0 Å². The standard InChI is InChI=1S/C24H26N4/c1-15-9-7-10-16(2)23(15)26-19(5)21-13-25-14-22(28-21)20(6)27-24-17(3)11-8-12-18(24)4/h7-14H,1-6H3. The maximum atomic E-state index is 4.82. The maximum Gasteiger partial charge on any atom is 0.103 e. The Morgan fingerprint density at radius 1 is 0.643 bits per heavy atom. The van der Waals surface area contributed by atoms with Gasteiger partial charge >= 0.3 is 0 Å². The number of aryl methyl sites for hydroxylation is 4. The fourth-order valence-electron chi connectivity index (χ4n) is 3.13. The molecule has 4 heteroatoms. The van der Waals surface area contributed by atoms with Crippen molar-refractivity contribution in [1.82, 2.24) is 9.97 Å². The summed E-state index contributed by atoms with van der Waals surface area (Å²) in [5.41, 5.74) is 9.78. The monoisotopic (exact) mass is 370 g/mol. The van der Waals surface area contributed by atoms with E-state index < -0.39 is 0 Å². The summed E-state index contributed by atoms with van der Waals surface area (Å²) in [7, 11) is 0. The zero-order valence-electron chi connectivity index (χ0n) is 17.4. The minimum Gasteiger partial charge on any atom is -0.260 e. The molecule has 1 heterocycles. The first-order valence-corrected chi connectivity index (χ1v) is 9.42. The van der Waals surface area contributed by atoms with Crippen LogP contribution in [0.2, 0.25) is 0 Å². The van der Waals surface area contributed by atoms with Crippen molar-refractivity contribution in [3.8, 4) is 0 Å². The minimum absolute atomic E-state index is 0.760. The van der Waals surface area contributed by atoms with Crippen molar-refractivity contribution in [1.29, 1.82) is 0 Å². The molecular formula is C24H26N4. The number of aromatic nitrogens is 2. The molecule has 0 aliphatic carbocycles. The molecule has 28 heavy (non-hydrogen) atoms. The van der Waals surface area contributed by atoms with Crippen LogP contribution in [-0.2, 0) is 0 Å². The van der Waals surface area contributed by atoms with E-state index >= 15 is 0 Å². The van der Waals surface area contributed by atoms with Gasteiger partial charge in [0.15, 0.2) is 0 Å². The van der Waals surface area contributed by atoms with Crippen molar-refractivity contribution in [2.75, 3.05) is 0 Å². The summed E-state index contributed by atoms with van der Waals surface area (Å²) in [6.45, 7) is 12.2. The second kappa shape index (κ2) is 8.26. The molecular weight excluding hydrogens is 344 g/mol. The third kappa shape index (κ3) is 4.22. The van der Waals surface area contributed by atoms with Crippen LogP contribution in [0.15, 0.2) is 58.8 Å². The molecule has 0 atom stereocenters. The number of nitrogens with zero attached hydrogens (tertiary/aromatic N) is 4. The van der Waals surface area contributed by atoms with E-state index in [0.717, 1.165) is 56.4 Å². The molecule has 0 spiro atoms. The predicted molar refractivity (Wildman–Crippen MR) is 118 cm³/mol. The summed E-state index contributed by atoms with van der Waals surface area (Å²) in [5, 5.41) is 0. The van der Waals surface area contributed by atoms with Crippen molar-refractivity contribution in [2.24, 2.45) is 9.98 Å². The Morgan fingerprint density at radius 2 is 1.00 bits per heavy atom. The molecule has 0 radical (unpaired) electrons. The number of hydrogen-bond donors (Lipinski definition) is 0. The summed E-state index contributed by atoms with van der Waals surface area (Å²) in [6.07, 6.45) is 3.50. The Kier molecular flexibility index (Phi) is 5.78. The van der Waals surface area contributed by atoms with Crippen molar-refractivity contribution in [2.45, 2.75) is 41.5 Å². The molecule has 0 bridgehead atoms. The highest BCUT2D eigenvalue weighted by atomic mass is 14.9. The van der Waals surface area contributed by atoms with Crippen molar-refractivity contribution in [3.63, 3.8) is 0 Å². The first-order valence-electron chi connectivity index (χ1n) is 9.42. The number of rotatable bonds is 4. The molecule has 1 aromatic heterocycles. The first kappa shape index (κ1) is 19.6. The summed E-state index contributed by atoms with van der Waals surface area (Å²) in [4.78, 5) is 18.8. The third-order valence-corrected chi connectivity index (χ3v) is 4.81. The fourth-order valence-corrected chi connectivity index (χ4v) is 3.13. The van der Waals surface area contributed by atoms with Gasteiger partial charge in [-0.3, -0.25) is 15.0 Å². The van der Waals surface area contributed by atoms with Crippen LogP contribution in [0.3, 0.4) is 0 Å². The van der Waals surface area contributed by atoms with Crippen LogP contribution in [-0.4, -0.2) is 21.4 Å². The SMILES string of the molecule is CC(=Nc1c(C)cccc1C)c1cncc(C(C)=Nc2c(C)cccc2C)n1. The number of aliphatic imine (C=N–C) groups is 2. The van der Waals surface area contributed by atoms with E-state index in [1.807, 2.05) is 26.0 Å². The second-order valence-corrected chi connectivity index (χ2v) is 7.16. The van der Waals surface area contributed by atoms with Gasteiger partial charge in [0.25, 0.3) is 0 Å². The molecule has 0 aliphatic rings. The van der Waals surface area contributed by atoms with Crippen LogP contribution >= 0.6 is 0 Å². The lowest BCUT2D eigenvalue weighted by Gasteiger charge is -2.08. The number of benzene rings is 2. The van der Waals surface area contributed by atoms with Crippen molar-refractivity contribution in [3.05, 3.63) is 82.4 Å². The van der Waals surface area contributed by atoms with E-state index in [1.165, 1.54) is 0 Å². The van der Waals surface area contributed by atoms with Gasteiger partial charge in [-0.1, -0.05) is 36.4 Å². The fraction of sp³-hybridized carbons (Fsp3) is 0.250. The van der Waals surface area contributed by atoms with Gasteiger partial charge in [0, 0.05) is 0 Å². The minimum atomic E-state index is 0.760. The zero-order valence-corrected chi connectivity index (χ0v) is 17.4. The molecule has 0 saturated heterocycles. The zero-order chi connectivity index (χ0) is 20.3. The molecule has 3 rings (SSSR count). The number of hydrogen-bond acceptors (Lipinski definition) is 4. The Bertz CT molecular complexity index is 954. The molecule has 4 nitrogen and oxygen atoms in total. The van der Waals surface area contributed by atoms with E-state index in [2.05, 4.69) is 56.9 Å². The first-order chi connectivity index (χ1) is 13.4. The van der Waals surface area contributed by atoms with Crippen LogP contribution in [0, 0.1) is 27.7 Å². The van der Waals surface area contributed by atoms with Crippen LogP contribution in [0.5, 0.6) is 0 Å².